The molecule has 6 heteroatoms. The number of ether oxygens (including phenoxy) is 1. The van der Waals surface area contributed by atoms with Gasteiger partial charge in [-0.1, -0.05) is 50.6 Å². The first kappa shape index (κ1) is 17.4. The van der Waals surface area contributed by atoms with E-state index in [1.54, 1.807) is 12.1 Å². The molecule has 0 aliphatic rings. The molecule has 23 heavy (non-hydrogen) atoms. The van der Waals surface area contributed by atoms with Gasteiger partial charge in [-0.3, -0.25) is 4.79 Å². The third kappa shape index (κ3) is 3.89. The molecule has 0 fully saturated rings. The number of carbonyl (C=O) groups excluding carboxylic acids is 1. The summed E-state index contributed by atoms with van der Waals surface area (Å²) in [6.45, 7) is 3.70. The van der Waals surface area contributed by atoms with Gasteiger partial charge < -0.3 is 4.74 Å². The fourth-order valence-corrected chi connectivity index (χ4v) is 3.66. The summed E-state index contributed by atoms with van der Waals surface area (Å²) >= 11 is 0. The van der Waals surface area contributed by atoms with Crippen molar-refractivity contribution < 1.29 is 17.9 Å². The number of nitrogens with one attached hydrogen (secondary N) is 1. The van der Waals surface area contributed by atoms with Crippen molar-refractivity contribution in [1.82, 2.24) is 4.72 Å². The number of carbonyl (C=O) groups is 1. The van der Waals surface area contributed by atoms with Crippen molar-refractivity contribution >= 4 is 26.8 Å². The maximum Gasteiger partial charge on any atom is 0.324 e. The molecule has 0 bridgehead atoms. The third-order valence-electron chi connectivity index (χ3n) is 3.98. The number of esters is 1. The second kappa shape index (κ2) is 7.10. The van der Waals surface area contributed by atoms with E-state index in [0.717, 1.165) is 10.8 Å². The zero-order valence-corrected chi connectivity index (χ0v) is 14.3. The SMILES string of the molecule is CC[C@@H](C)[C@@H](NS(=O)(=O)c1ccc2ccccc2c1)C(=O)OC. The lowest BCUT2D eigenvalue weighted by Gasteiger charge is -2.21. The second-order valence-electron chi connectivity index (χ2n) is 5.52. The molecule has 0 unspecified atom stereocenters. The van der Waals surface area contributed by atoms with Crippen molar-refractivity contribution in [1.29, 1.82) is 0 Å². The van der Waals surface area contributed by atoms with Gasteiger partial charge in [-0.2, -0.15) is 4.72 Å². The van der Waals surface area contributed by atoms with Crippen LogP contribution < -0.4 is 4.72 Å². The Morgan fingerprint density at radius 1 is 1.17 bits per heavy atom. The Labute approximate surface area is 136 Å². The number of hydrogen-bond donors (Lipinski definition) is 1. The molecule has 0 spiro atoms. The lowest BCUT2D eigenvalue weighted by Crippen LogP contribution is -2.45. The standard InChI is InChI=1S/C17H21NO4S/c1-4-12(2)16(17(19)22-3)18-23(20,21)15-10-9-13-7-5-6-8-14(13)11-15/h5-12,16,18H,4H2,1-3H3/t12-,16-/m1/s1. The minimum absolute atomic E-state index is 0.133. The summed E-state index contributed by atoms with van der Waals surface area (Å²) in [5.74, 6) is -0.749. The Hall–Kier alpha value is -1.92. The number of hydrogen-bond acceptors (Lipinski definition) is 4. The Kier molecular flexibility index (Phi) is 5.38. The van der Waals surface area contributed by atoms with Gasteiger partial charge in [0, 0.05) is 0 Å². The normalized spacial score (nSPS) is 14.4. The van der Waals surface area contributed by atoms with Crippen LogP contribution in [0.2, 0.25) is 0 Å². The minimum Gasteiger partial charge on any atom is -0.468 e. The van der Waals surface area contributed by atoms with Gasteiger partial charge in [-0.25, -0.2) is 8.42 Å². The van der Waals surface area contributed by atoms with Crippen molar-refractivity contribution in [3.63, 3.8) is 0 Å². The lowest BCUT2D eigenvalue weighted by molar-refractivity contribution is -0.143. The van der Waals surface area contributed by atoms with E-state index in [1.807, 2.05) is 38.1 Å². The first-order chi connectivity index (χ1) is 10.9. The van der Waals surface area contributed by atoms with Gasteiger partial charge in [0.2, 0.25) is 10.0 Å². The van der Waals surface area contributed by atoms with Crippen LogP contribution in [-0.4, -0.2) is 27.5 Å². The summed E-state index contributed by atoms with van der Waals surface area (Å²) < 4.78 is 32.4. The molecule has 124 valence electrons. The largest absolute Gasteiger partial charge is 0.468 e. The monoisotopic (exact) mass is 335 g/mol. The Balaban J connectivity index is 2.36. The van der Waals surface area contributed by atoms with Crippen LogP contribution in [0.5, 0.6) is 0 Å². The van der Waals surface area contributed by atoms with E-state index in [9.17, 15) is 13.2 Å². The van der Waals surface area contributed by atoms with Crippen LogP contribution in [0.3, 0.4) is 0 Å². The zero-order valence-electron chi connectivity index (χ0n) is 13.4. The van der Waals surface area contributed by atoms with Gasteiger partial charge in [-0.05, 0) is 28.8 Å². The number of benzene rings is 2. The van der Waals surface area contributed by atoms with Crippen LogP contribution in [-0.2, 0) is 19.6 Å². The molecule has 5 nitrogen and oxygen atoms in total. The van der Waals surface area contributed by atoms with E-state index in [2.05, 4.69) is 4.72 Å². The molecule has 0 saturated carbocycles. The maximum atomic E-state index is 12.6. The van der Waals surface area contributed by atoms with Gasteiger partial charge in [-0.15, -0.1) is 0 Å². The second-order valence-corrected chi connectivity index (χ2v) is 7.23. The van der Waals surface area contributed by atoms with E-state index in [1.165, 1.54) is 13.2 Å². The van der Waals surface area contributed by atoms with Gasteiger partial charge in [0.15, 0.2) is 0 Å². The summed E-state index contributed by atoms with van der Waals surface area (Å²) in [5.41, 5.74) is 0. The van der Waals surface area contributed by atoms with E-state index in [4.69, 9.17) is 4.74 Å². The first-order valence-corrected chi connectivity index (χ1v) is 8.96. The molecule has 0 heterocycles. The summed E-state index contributed by atoms with van der Waals surface area (Å²) in [4.78, 5) is 12.0. The number of fused-ring (bicyclic) bond motifs is 1. The third-order valence-corrected chi connectivity index (χ3v) is 5.42. The fourth-order valence-electron chi connectivity index (χ4n) is 2.33. The average molecular weight is 335 g/mol. The Morgan fingerprint density at radius 2 is 1.83 bits per heavy atom. The van der Waals surface area contributed by atoms with E-state index in [-0.39, 0.29) is 10.8 Å². The van der Waals surface area contributed by atoms with Crippen molar-refractivity contribution in [3.8, 4) is 0 Å². The molecule has 0 aliphatic carbocycles. The van der Waals surface area contributed by atoms with Gasteiger partial charge in [0.1, 0.15) is 6.04 Å². The summed E-state index contributed by atoms with van der Waals surface area (Å²) in [7, 11) is -2.56. The highest BCUT2D eigenvalue weighted by atomic mass is 32.2. The van der Waals surface area contributed by atoms with Crippen LogP contribution >= 0.6 is 0 Å². The van der Waals surface area contributed by atoms with E-state index in [0.29, 0.717) is 6.42 Å². The summed E-state index contributed by atoms with van der Waals surface area (Å²) in [5, 5.41) is 1.78. The molecule has 2 atom stereocenters. The topological polar surface area (TPSA) is 72.5 Å². The predicted octanol–water partition coefficient (Wildman–Crippen LogP) is 2.71. The smallest absolute Gasteiger partial charge is 0.324 e. The van der Waals surface area contributed by atoms with Crippen LogP contribution in [0.1, 0.15) is 20.3 Å². The molecule has 0 aliphatic heterocycles. The molecular formula is C17H21NO4S. The van der Waals surface area contributed by atoms with Crippen molar-refractivity contribution in [2.75, 3.05) is 7.11 Å². The van der Waals surface area contributed by atoms with Crippen LogP contribution in [0.4, 0.5) is 0 Å². The van der Waals surface area contributed by atoms with E-state index < -0.39 is 22.0 Å². The molecule has 0 aromatic heterocycles. The Morgan fingerprint density at radius 3 is 2.43 bits per heavy atom. The summed E-state index contributed by atoms with van der Waals surface area (Å²) in [6, 6.07) is 11.5. The highest BCUT2D eigenvalue weighted by Crippen LogP contribution is 2.20. The molecule has 1 N–H and O–H groups in total. The predicted molar refractivity (Wildman–Crippen MR) is 89.5 cm³/mol. The quantitative estimate of drug-likeness (QED) is 0.824. The molecule has 0 saturated heterocycles. The number of rotatable bonds is 6. The minimum atomic E-state index is -3.81. The van der Waals surface area contributed by atoms with Crippen molar-refractivity contribution in [2.45, 2.75) is 31.2 Å². The number of sulfonamides is 1. The molecular weight excluding hydrogens is 314 g/mol. The van der Waals surface area contributed by atoms with Crippen LogP contribution in [0, 0.1) is 5.92 Å². The molecule has 2 aromatic rings. The fraction of sp³-hybridized carbons (Fsp3) is 0.353. The lowest BCUT2D eigenvalue weighted by atomic mass is 10.0. The van der Waals surface area contributed by atoms with Gasteiger partial charge >= 0.3 is 5.97 Å². The van der Waals surface area contributed by atoms with E-state index >= 15 is 0 Å². The van der Waals surface area contributed by atoms with Gasteiger partial charge in [0.05, 0.1) is 12.0 Å². The maximum absolute atomic E-state index is 12.6. The van der Waals surface area contributed by atoms with Crippen molar-refractivity contribution in [2.24, 2.45) is 5.92 Å². The zero-order chi connectivity index (χ0) is 17.0. The average Bonchev–Trinajstić information content (AvgIpc) is 2.57. The first-order valence-electron chi connectivity index (χ1n) is 7.48. The van der Waals surface area contributed by atoms with Crippen molar-refractivity contribution in [3.05, 3.63) is 42.5 Å². The molecule has 0 radical (unpaired) electrons. The highest BCUT2D eigenvalue weighted by molar-refractivity contribution is 7.89. The molecule has 2 rings (SSSR count). The Bertz CT molecular complexity index is 801. The number of methoxy groups -OCH3 is 1. The molecule has 2 aromatic carbocycles. The van der Waals surface area contributed by atoms with Crippen LogP contribution in [0.15, 0.2) is 47.4 Å². The van der Waals surface area contributed by atoms with Crippen LogP contribution in [0.25, 0.3) is 10.8 Å². The molecule has 0 amide bonds. The summed E-state index contributed by atoms with van der Waals surface area (Å²) in [6.07, 6.45) is 0.653. The van der Waals surface area contributed by atoms with Gasteiger partial charge in [0.25, 0.3) is 0 Å². The highest BCUT2D eigenvalue weighted by Gasteiger charge is 2.30.